The summed E-state index contributed by atoms with van der Waals surface area (Å²) in [5.74, 6) is -0.619. The van der Waals surface area contributed by atoms with Crippen LogP contribution in [0.1, 0.15) is 44.5 Å². The van der Waals surface area contributed by atoms with Crippen LogP contribution in [0.15, 0.2) is 152 Å². The monoisotopic (exact) mass is 1090 g/mol. The minimum atomic E-state index is -1.24. The first-order valence-corrected chi connectivity index (χ1v) is 26.4. The van der Waals surface area contributed by atoms with E-state index in [1.807, 2.05) is 97.3 Å². The number of thioether (sulfide) groups is 1. The van der Waals surface area contributed by atoms with Crippen molar-refractivity contribution < 1.29 is 52.2 Å². The number of carbonyl (C=O) groups is 1. The second-order valence-electron chi connectivity index (χ2n) is 17.3. The number of hydrogen-bond acceptors (Lipinski definition) is 12. The molecule has 0 bridgehead atoms. The van der Waals surface area contributed by atoms with Crippen LogP contribution in [0.4, 0.5) is 0 Å². The van der Waals surface area contributed by atoms with Crippen LogP contribution in [0.3, 0.4) is 0 Å². The molecule has 3 saturated heterocycles. The largest absolute Gasteiger partial charge is 0.452 e. The van der Waals surface area contributed by atoms with Gasteiger partial charge in [-0.05, 0) is 101 Å². The first-order valence-electron chi connectivity index (χ1n) is 23.2. The van der Waals surface area contributed by atoms with E-state index in [1.54, 1.807) is 60.7 Å². The molecule has 3 aliphatic heterocycles. The van der Waals surface area contributed by atoms with E-state index in [0.29, 0.717) is 25.1 Å². The fraction of sp³-hybridized carbons (Fsp3) is 0.327. The maximum absolute atomic E-state index is 14.2. The third kappa shape index (κ3) is 13.9. The van der Waals surface area contributed by atoms with Gasteiger partial charge in [-0.15, -0.1) is 11.8 Å². The highest BCUT2D eigenvalue weighted by Gasteiger charge is 2.56. The molecule has 0 saturated carbocycles. The molecule has 3 fully saturated rings. The Morgan fingerprint density at radius 1 is 0.542 bits per heavy atom. The molecule has 11 atom stereocenters. The quantitative estimate of drug-likeness (QED) is 0.0720. The summed E-state index contributed by atoms with van der Waals surface area (Å²) in [6, 6.07) is 45.6. The Hall–Kier alpha value is -3.77. The number of carbonyl (C=O) groups excluding carboxylic acids is 1. The number of ether oxygens (including phenoxy) is 10. The van der Waals surface area contributed by atoms with Gasteiger partial charge in [0, 0.05) is 30.7 Å². The van der Waals surface area contributed by atoms with E-state index < -0.39 is 72.8 Å². The van der Waals surface area contributed by atoms with Gasteiger partial charge >= 0.3 is 5.97 Å². The number of rotatable bonds is 19. The van der Waals surface area contributed by atoms with Crippen molar-refractivity contribution in [3.63, 3.8) is 0 Å². The SMILES string of the molecule is CSC1O[C@@H]2COC(c3ccccc3)O[C@@H]2[C@H](OC2O[C@H](COCc3ccc(Cl)cc3)[C@H](OCc3ccc(Cl)cc3)[C@H](OCc3ccc(Cl)cc3)[C@H]2OCc2ccc(Cl)cc2)[C@H]1OC(=O)c1ccc(Cl)cc1. The van der Waals surface area contributed by atoms with Crippen LogP contribution in [-0.4, -0.2) is 86.0 Å². The number of halogens is 5. The lowest BCUT2D eigenvalue weighted by Gasteiger charge is -2.51. The molecular formula is C55H51Cl5O11S. The molecule has 0 aromatic heterocycles. The molecule has 0 N–H and O–H groups in total. The van der Waals surface area contributed by atoms with Crippen LogP contribution in [0.5, 0.6) is 0 Å². The Morgan fingerprint density at radius 3 is 1.56 bits per heavy atom. The molecule has 17 heteroatoms. The van der Waals surface area contributed by atoms with E-state index in [2.05, 4.69) is 0 Å². The van der Waals surface area contributed by atoms with E-state index in [1.165, 1.54) is 11.8 Å². The first kappa shape index (κ1) is 53.1. The third-order valence-corrected chi connectivity index (χ3v) is 14.4. The number of hydrogen-bond donors (Lipinski definition) is 0. The Morgan fingerprint density at radius 2 is 1.03 bits per heavy atom. The summed E-state index contributed by atoms with van der Waals surface area (Å²) in [5, 5.41) is 2.82. The molecule has 3 aliphatic rings. The van der Waals surface area contributed by atoms with Gasteiger partial charge in [-0.3, -0.25) is 0 Å². The van der Waals surface area contributed by atoms with Crippen LogP contribution >= 0.6 is 69.8 Å². The van der Waals surface area contributed by atoms with Crippen molar-refractivity contribution in [2.45, 2.75) is 93.3 Å². The van der Waals surface area contributed by atoms with Crippen molar-refractivity contribution in [3.05, 3.63) is 210 Å². The summed E-state index contributed by atoms with van der Waals surface area (Å²) in [6.45, 7) is 0.792. The predicted molar refractivity (Wildman–Crippen MR) is 278 cm³/mol. The number of esters is 1. The topological polar surface area (TPSA) is 109 Å². The highest BCUT2D eigenvalue weighted by Crippen LogP contribution is 2.42. The average Bonchev–Trinajstić information content (AvgIpc) is 3.40. The molecule has 6 aromatic rings. The summed E-state index contributed by atoms with van der Waals surface area (Å²) in [7, 11) is 0. The maximum Gasteiger partial charge on any atom is 0.338 e. The van der Waals surface area contributed by atoms with Crippen molar-refractivity contribution in [3.8, 4) is 0 Å². The predicted octanol–water partition coefficient (Wildman–Crippen LogP) is 12.8. The van der Waals surface area contributed by atoms with Gasteiger partial charge in [0.25, 0.3) is 0 Å². The molecular weight excluding hydrogens is 1050 g/mol. The highest BCUT2D eigenvalue weighted by atomic mass is 35.5. The molecule has 0 spiro atoms. The lowest BCUT2D eigenvalue weighted by molar-refractivity contribution is -0.375. The first-order chi connectivity index (χ1) is 35.1. The summed E-state index contributed by atoms with van der Waals surface area (Å²) in [4.78, 5) is 14.2. The minimum absolute atomic E-state index is 0.0289. The van der Waals surface area contributed by atoms with Gasteiger partial charge in [0.05, 0.1) is 45.2 Å². The van der Waals surface area contributed by atoms with Gasteiger partial charge in [-0.25, -0.2) is 4.79 Å². The van der Waals surface area contributed by atoms with Gasteiger partial charge in [-0.1, -0.05) is 137 Å². The van der Waals surface area contributed by atoms with E-state index in [0.717, 1.165) is 27.8 Å². The van der Waals surface area contributed by atoms with Crippen molar-refractivity contribution in [2.75, 3.05) is 19.5 Å². The van der Waals surface area contributed by atoms with E-state index in [-0.39, 0.29) is 45.2 Å². The van der Waals surface area contributed by atoms with Crippen molar-refractivity contribution >= 4 is 75.7 Å². The highest BCUT2D eigenvalue weighted by molar-refractivity contribution is 7.99. The van der Waals surface area contributed by atoms with Crippen LogP contribution < -0.4 is 0 Å². The van der Waals surface area contributed by atoms with Gasteiger partial charge < -0.3 is 47.4 Å². The molecule has 3 heterocycles. The average molecular weight is 1100 g/mol. The van der Waals surface area contributed by atoms with Crippen LogP contribution in [0.2, 0.25) is 25.1 Å². The zero-order valence-corrected chi connectivity index (χ0v) is 43.4. The molecule has 378 valence electrons. The number of fused-ring (bicyclic) bond motifs is 1. The Bertz CT molecular complexity index is 2640. The smallest absolute Gasteiger partial charge is 0.338 e. The Labute approximate surface area is 448 Å². The van der Waals surface area contributed by atoms with Crippen molar-refractivity contribution in [1.82, 2.24) is 0 Å². The van der Waals surface area contributed by atoms with Crippen molar-refractivity contribution in [2.24, 2.45) is 0 Å². The molecule has 11 nitrogen and oxygen atoms in total. The third-order valence-electron chi connectivity index (χ3n) is 12.3. The van der Waals surface area contributed by atoms with Gasteiger partial charge in [-0.2, -0.15) is 0 Å². The molecule has 3 unspecified atom stereocenters. The summed E-state index contributed by atoms with van der Waals surface area (Å²) >= 11 is 32.8. The Balaban J connectivity index is 1.12. The zero-order chi connectivity index (χ0) is 50.0. The standard InChI is InChI=1S/C55H51Cl5O11S/c1-72-55-51(69-52(61)37-15-25-43(60)26-16-37)49(47-45(68-55)32-66-53(70-47)38-5-3-2-4-6-38)71-54-50(65-30-36-13-23-42(59)24-14-36)48(64-29-35-11-21-41(58)22-12-35)46(63-28-34-9-19-40(57)20-10-34)44(67-54)31-62-27-33-7-17-39(56)18-8-33/h2-26,44-51,53-55H,27-32H2,1H3/t44-,45-,46+,47+,48+,49+,50-,51-,53?,54?,55?/m1/s1. The fourth-order valence-corrected chi connectivity index (χ4v) is 9.97. The summed E-state index contributed by atoms with van der Waals surface area (Å²) in [6.07, 6.45) is -7.36. The van der Waals surface area contributed by atoms with Crippen LogP contribution in [-0.2, 0) is 73.8 Å². The lowest BCUT2D eigenvalue weighted by Crippen LogP contribution is -2.67. The molecule has 72 heavy (non-hydrogen) atoms. The van der Waals surface area contributed by atoms with E-state index >= 15 is 0 Å². The van der Waals surface area contributed by atoms with Gasteiger partial charge in [0.2, 0.25) is 0 Å². The van der Waals surface area contributed by atoms with E-state index in [9.17, 15) is 4.79 Å². The number of benzene rings is 6. The summed E-state index contributed by atoms with van der Waals surface area (Å²) < 4.78 is 68.1. The molecule has 6 aromatic carbocycles. The molecule has 9 rings (SSSR count). The molecule has 0 aliphatic carbocycles. The fourth-order valence-electron chi connectivity index (χ4n) is 8.61. The molecule has 0 amide bonds. The summed E-state index contributed by atoms with van der Waals surface area (Å²) in [5.41, 5.74) is 3.75. The van der Waals surface area contributed by atoms with Crippen LogP contribution in [0.25, 0.3) is 0 Å². The maximum atomic E-state index is 14.2. The second kappa shape index (κ2) is 25.6. The normalized spacial score (nSPS) is 26.2. The van der Waals surface area contributed by atoms with E-state index in [4.69, 9.17) is 105 Å². The zero-order valence-electron chi connectivity index (χ0n) is 38.8. The molecule has 0 radical (unpaired) electrons. The van der Waals surface area contributed by atoms with Crippen LogP contribution in [0, 0.1) is 0 Å². The lowest BCUT2D eigenvalue weighted by atomic mass is 9.95. The minimum Gasteiger partial charge on any atom is -0.452 e. The van der Waals surface area contributed by atoms with Gasteiger partial charge in [0.1, 0.15) is 48.2 Å². The van der Waals surface area contributed by atoms with Crippen molar-refractivity contribution in [1.29, 1.82) is 0 Å². The van der Waals surface area contributed by atoms with Gasteiger partial charge in [0.15, 0.2) is 18.7 Å². The second-order valence-corrected chi connectivity index (χ2v) is 20.4. The Kier molecular flexibility index (Phi) is 18.9.